The van der Waals surface area contributed by atoms with Gasteiger partial charge in [-0.2, -0.15) is 0 Å². The van der Waals surface area contributed by atoms with Gasteiger partial charge in [0.1, 0.15) is 16.9 Å². The van der Waals surface area contributed by atoms with Crippen LogP contribution in [-0.4, -0.2) is 16.2 Å². The van der Waals surface area contributed by atoms with Gasteiger partial charge < -0.3 is 14.9 Å². The highest BCUT2D eigenvalue weighted by Crippen LogP contribution is 2.51. The molecule has 31 heavy (non-hydrogen) atoms. The first-order valence-electron chi connectivity index (χ1n) is 10.8. The Morgan fingerprint density at radius 1 is 1.13 bits per heavy atom. The molecule has 1 aliphatic heterocycles. The molecule has 0 bridgehead atoms. The van der Waals surface area contributed by atoms with Crippen LogP contribution in [0.15, 0.2) is 95.0 Å². The van der Waals surface area contributed by atoms with Crippen molar-refractivity contribution in [2.24, 2.45) is 11.8 Å². The fraction of sp³-hybridized carbons (Fsp3) is 0.296. The second kappa shape index (κ2) is 8.10. The highest BCUT2D eigenvalue weighted by molar-refractivity contribution is 5.99. The minimum absolute atomic E-state index is 0.116. The maximum Gasteiger partial charge on any atom is 0.331 e. The van der Waals surface area contributed by atoms with E-state index < -0.39 is 5.41 Å². The normalized spacial score (nSPS) is 26.4. The highest BCUT2D eigenvalue weighted by Gasteiger charge is 2.53. The maximum atomic E-state index is 13.6. The Labute approximate surface area is 183 Å². The van der Waals surface area contributed by atoms with E-state index in [0.29, 0.717) is 12.2 Å². The number of esters is 1. The van der Waals surface area contributed by atoms with Crippen LogP contribution in [0.3, 0.4) is 0 Å². The maximum absolute atomic E-state index is 13.6. The third-order valence-corrected chi connectivity index (χ3v) is 6.67. The van der Waals surface area contributed by atoms with Crippen molar-refractivity contribution in [1.29, 1.82) is 0 Å². The second-order valence-electron chi connectivity index (χ2n) is 8.48. The van der Waals surface area contributed by atoms with Crippen molar-refractivity contribution in [3.8, 4) is 5.75 Å². The van der Waals surface area contributed by atoms with Crippen molar-refractivity contribution >= 4 is 5.97 Å². The van der Waals surface area contributed by atoms with Crippen molar-refractivity contribution in [3.63, 3.8) is 0 Å². The van der Waals surface area contributed by atoms with Crippen LogP contribution in [0, 0.1) is 11.8 Å². The molecule has 160 valence electrons. The lowest BCUT2D eigenvalue weighted by molar-refractivity contribution is -0.135. The molecule has 2 N–H and O–H groups in total. The molecule has 4 heteroatoms. The summed E-state index contributed by atoms with van der Waals surface area (Å²) in [6, 6.07) is 7.45. The molecule has 0 amide bonds. The summed E-state index contributed by atoms with van der Waals surface area (Å²) in [5, 5.41) is 20.9. The fourth-order valence-corrected chi connectivity index (χ4v) is 4.52. The van der Waals surface area contributed by atoms with Crippen LogP contribution in [-0.2, 0) is 10.2 Å². The van der Waals surface area contributed by atoms with Gasteiger partial charge in [-0.1, -0.05) is 68.8 Å². The summed E-state index contributed by atoms with van der Waals surface area (Å²) in [5.74, 6) is 0.797. The van der Waals surface area contributed by atoms with Gasteiger partial charge in [-0.25, -0.2) is 4.79 Å². The smallest absolute Gasteiger partial charge is 0.331 e. The summed E-state index contributed by atoms with van der Waals surface area (Å²) < 4.78 is 5.74. The number of aliphatic hydroxyl groups is 2. The highest BCUT2D eigenvalue weighted by atomic mass is 16.5. The average molecular weight is 417 g/mol. The van der Waals surface area contributed by atoms with Crippen molar-refractivity contribution in [3.05, 3.63) is 101 Å². The monoisotopic (exact) mass is 416 g/mol. The summed E-state index contributed by atoms with van der Waals surface area (Å²) >= 11 is 0. The average Bonchev–Trinajstić information content (AvgIpc) is 2.87. The number of aliphatic hydroxyl groups excluding tert-OH is 2. The minimum atomic E-state index is -1.17. The van der Waals surface area contributed by atoms with Crippen LogP contribution < -0.4 is 4.74 Å². The quantitative estimate of drug-likeness (QED) is 0.455. The van der Waals surface area contributed by atoms with Gasteiger partial charge in [0.25, 0.3) is 0 Å². The zero-order valence-electron chi connectivity index (χ0n) is 18.1. The van der Waals surface area contributed by atoms with Gasteiger partial charge in [-0.15, -0.1) is 0 Å². The molecule has 0 fully saturated rings. The third kappa shape index (κ3) is 3.36. The molecule has 0 radical (unpaired) electrons. The number of carbonyl (C=O) groups is 1. The van der Waals surface area contributed by atoms with Crippen LogP contribution >= 0.6 is 0 Å². The largest absolute Gasteiger partial charge is 0.512 e. The van der Waals surface area contributed by atoms with E-state index in [1.165, 1.54) is 0 Å². The van der Waals surface area contributed by atoms with Crippen molar-refractivity contribution in [1.82, 2.24) is 0 Å². The molecule has 4 nitrogen and oxygen atoms in total. The number of allylic oxidation sites excluding steroid dienone is 8. The van der Waals surface area contributed by atoms with Crippen LogP contribution in [0.5, 0.6) is 5.75 Å². The number of para-hydroxylation sites is 1. The first kappa shape index (κ1) is 21.0. The van der Waals surface area contributed by atoms with Gasteiger partial charge in [0.15, 0.2) is 0 Å². The molecule has 1 heterocycles. The summed E-state index contributed by atoms with van der Waals surface area (Å²) in [6.45, 7) is 6.07. The van der Waals surface area contributed by atoms with Crippen molar-refractivity contribution in [2.45, 2.75) is 39.0 Å². The van der Waals surface area contributed by atoms with Crippen LogP contribution in [0.4, 0.5) is 0 Å². The minimum Gasteiger partial charge on any atom is -0.512 e. The van der Waals surface area contributed by atoms with E-state index in [9.17, 15) is 15.0 Å². The number of hydrogen-bond acceptors (Lipinski definition) is 4. The van der Waals surface area contributed by atoms with E-state index in [1.54, 1.807) is 24.3 Å². The van der Waals surface area contributed by atoms with E-state index >= 15 is 0 Å². The van der Waals surface area contributed by atoms with E-state index in [1.807, 2.05) is 49.4 Å². The van der Waals surface area contributed by atoms with E-state index in [0.717, 1.165) is 28.7 Å². The molecule has 0 saturated carbocycles. The summed E-state index contributed by atoms with van der Waals surface area (Å²) in [5.41, 5.74) is 1.91. The summed E-state index contributed by atoms with van der Waals surface area (Å²) in [4.78, 5) is 13.6. The fourth-order valence-electron chi connectivity index (χ4n) is 4.52. The van der Waals surface area contributed by atoms with Gasteiger partial charge in [-0.3, -0.25) is 0 Å². The van der Waals surface area contributed by atoms with Gasteiger partial charge in [-0.05, 0) is 54.2 Å². The zero-order valence-corrected chi connectivity index (χ0v) is 18.1. The Balaban J connectivity index is 1.93. The van der Waals surface area contributed by atoms with Gasteiger partial charge in [0, 0.05) is 11.5 Å². The molecule has 0 aromatic heterocycles. The molecule has 3 aliphatic rings. The Bertz CT molecular complexity index is 1100. The molecule has 4 rings (SSSR count). The van der Waals surface area contributed by atoms with E-state index in [2.05, 4.69) is 13.8 Å². The molecule has 0 spiro atoms. The second-order valence-corrected chi connectivity index (χ2v) is 8.48. The predicted molar refractivity (Wildman–Crippen MR) is 122 cm³/mol. The Hall–Kier alpha value is -3.27. The molecular weight excluding hydrogens is 388 g/mol. The standard InChI is InChI=1S/C27H28O4/c1-4-17(2)21-14-11-20(13-16-24(21)29)27(19-10-9-18(3)23(28)15-12-19)22-7-5-6-8-25(22)31-26(27)30/h5-8,10-17,21,28-29H,4,9H2,1-3H3. The summed E-state index contributed by atoms with van der Waals surface area (Å²) in [7, 11) is 0. The lowest BCUT2D eigenvalue weighted by atomic mass is 9.68. The molecule has 0 saturated heterocycles. The number of carbonyl (C=O) groups excluding carboxylic acids is 1. The molecular formula is C27H28O4. The SMILES string of the molecule is CCC(C)C1C=CC(C2(C3=CCC(C)=C(O)C=C3)C(=O)Oc3ccccc32)=CC=C1O. The Morgan fingerprint density at radius 2 is 1.90 bits per heavy atom. The number of benzene rings is 1. The molecule has 2 aliphatic carbocycles. The first-order chi connectivity index (χ1) is 14.9. The first-order valence-corrected chi connectivity index (χ1v) is 10.8. The molecule has 1 aromatic rings. The Morgan fingerprint density at radius 3 is 2.68 bits per heavy atom. The molecule has 1 aromatic carbocycles. The Kier molecular flexibility index (Phi) is 5.48. The van der Waals surface area contributed by atoms with Crippen molar-refractivity contribution < 1.29 is 19.7 Å². The lowest BCUT2D eigenvalue weighted by Crippen LogP contribution is -2.37. The predicted octanol–water partition coefficient (Wildman–Crippen LogP) is 6.16. The number of hydrogen-bond donors (Lipinski definition) is 2. The van der Waals surface area contributed by atoms with E-state index in [4.69, 9.17) is 4.74 Å². The number of rotatable bonds is 4. The van der Waals surface area contributed by atoms with Gasteiger partial charge in [0.2, 0.25) is 0 Å². The number of ether oxygens (including phenoxy) is 1. The lowest BCUT2D eigenvalue weighted by Gasteiger charge is -2.29. The zero-order chi connectivity index (χ0) is 22.2. The van der Waals surface area contributed by atoms with Gasteiger partial charge in [0.05, 0.1) is 5.76 Å². The number of fused-ring (bicyclic) bond motifs is 1. The molecule has 3 unspecified atom stereocenters. The van der Waals surface area contributed by atoms with E-state index in [-0.39, 0.29) is 29.3 Å². The van der Waals surface area contributed by atoms with Gasteiger partial charge >= 0.3 is 5.97 Å². The van der Waals surface area contributed by atoms with Crippen LogP contribution in [0.2, 0.25) is 0 Å². The van der Waals surface area contributed by atoms with Crippen LogP contribution in [0.25, 0.3) is 0 Å². The van der Waals surface area contributed by atoms with Crippen LogP contribution in [0.1, 0.15) is 39.2 Å². The molecule has 3 atom stereocenters. The topological polar surface area (TPSA) is 66.8 Å². The van der Waals surface area contributed by atoms with Crippen molar-refractivity contribution in [2.75, 3.05) is 0 Å². The third-order valence-electron chi connectivity index (χ3n) is 6.67. The summed E-state index contributed by atoms with van der Waals surface area (Å²) in [6.07, 6.45) is 14.3.